The smallest absolute Gasteiger partial charge is 0.243 e. The van der Waals surface area contributed by atoms with Crippen molar-refractivity contribution >= 4 is 11.7 Å². The van der Waals surface area contributed by atoms with Crippen LogP contribution in [0, 0.1) is 0 Å². The molecule has 0 spiro atoms. The molecule has 0 atom stereocenters. The summed E-state index contributed by atoms with van der Waals surface area (Å²) >= 11 is 0. The molecule has 5 heteroatoms. The number of hydrogen-bond donors (Lipinski definition) is 2. The Morgan fingerprint density at radius 1 is 1.69 bits per heavy atom. The Labute approximate surface area is 77.3 Å². The van der Waals surface area contributed by atoms with Crippen LogP contribution in [0.3, 0.4) is 0 Å². The zero-order valence-corrected chi connectivity index (χ0v) is 7.58. The SMILES string of the molecule is NC(=O)COCCNC1=NCCC1. The maximum atomic E-state index is 10.3. The molecule has 5 nitrogen and oxygen atoms in total. The summed E-state index contributed by atoms with van der Waals surface area (Å²) in [5.41, 5.74) is 4.89. The van der Waals surface area contributed by atoms with Gasteiger partial charge in [0.15, 0.2) is 0 Å². The fourth-order valence-electron chi connectivity index (χ4n) is 1.12. The van der Waals surface area contributed by atoms with Crippen LogP contribution in [0.5, 0.6) is 0 Å². The largest absolute Gasteiger partial charge is 0.372 e. The van der Waals surface area contributed by atoms with Crippen molar-refractivity contribution in [3.8, 4) is 0 Å². The molecule has 13 heavy (non-hydrogen) atoms. The van der Waals surface area contributed by atoms with E-state index in [1.807, 2.05) is 0 Å². The van der Waals surface area contributed by atoms with E-state index < -0.39 is 5.91 Å². The van der Waals surface area contributed by atoms with E-state index in [0.29, 0.717) is 13.2 Å². The lowest BCUT2D eigenvalue weighted by Gasteiger charge is -2.04. The summed E-state index contributed by atoms with van der Waals surface area (Å²) in [5, 5.41) is 3.13. The highest BCUT2D eigenvalue weighted by molar-refractivity contribution is 5.83. The molecular formula is C8H15N3O2. The van der Waals surface area contributed by atoms with Crippen LogP contribution in [0.4, 0.5) is 0 Å². The van der Waals surface area contributed by atoms with Crippen molar-refractivity contribution in [3.63, 3.8) is 0 Å². The fourth-order valence-corrected chi connectivity index (χ4v) is 1.12. The number of rotatable bonds is 5. The highest BCUT2D eigenvalue weighted by Gasteiger charge is 2.04. The minimum absolute atomic E-state index is 0.00580. The minimum atomic E-state index is -0.432. The van der Waals surface area contributed by atoms with Crippen LogP contribution in [0.25, 0.3) is 0 Å². The van der Waals surface area contributed by atoms with Crippen LogP contribution in [-0.4, -0.2) is 38.0 Å². The van der Waals surface area contributed by atoms with Gasteiger partial charge in [0.2, 0.25) is 5.91 Å². The third-order valence-electron chi connectivity index (χ3n) is 1.69. The summed E-state index contributed by atoms with van der Waals surface area (Å²) in [6.07, 6.45) is 2.15. The Bertz CT molecular complexity index is 204. The lowest BCUT2D eigenvalue weighted by Crippen LogP contribution is -2.27. The number of carbonyl (C=O) groups is 1. The van der Waals surface area contributed by atoms with Crippen molar-refractivity contribution in [1.82, 2.24) is 5.32 Å². The van der Waals surface area contributed by atoms with Gasteiger partial charge in [-0.3, -0.25) is 9.79 Å². The number of amidine groups is 1. The van der Waals surface area contributed by atoms with Gasteiger partial charge in [0.25, 0.3) is 0 Å². The summed E-state index contributed by atoms with van der Waals surface area (Å²) in [5.74, 6) is 0.612. The lowest BCUT2D eigenvalue weighted by molar-refractivity contribution is -0.122. The summed E-state index contributed by atoms with van der Waals surface area (Å²) in [4.78, 5) is 14.5. The fraction of sp³-hybridized carbons (Fsp3) is 0.750. The highest BCUT2D eigenvalue weighted by Crippen LogP contribution is 2.00. The first-order chi connectivity index (χ1) is 6.29. The summed E-state index contributed by atoms with van der Waals surface area (Å²) < 4.78 is 4.96. The Morgan fingerprint density at radius 2 is 2.54 bits per heavy atom. The zero-order chi connectivity index (χ0) is 9.52. The van der Waals surface area contributed by atoms with Crippen LogP contribution in [-0.2, 0) is 9.53 Å². The van der Waals surface area contributed by atoms with Crippen molar-refractivity contribution in [2.45, 2.75) is 12.8 Å². The first-order valence-corrected chi connectivity index (χ1v) is 4.42. The summed E-state index contributed by atoms with van der Waals surface area (Å²) in [6, 6.07) is 0. The Balaban J connectivity index is 1.92. The van der Waals surface area contributed by atoms with Gasteiger partial charge in [-0.2, -0.15) is 0 Å². The van der Waals surface area contributed by atoms with E-state index in [2.05, 4.69) is 10.3 Å². The van der Waals surface area contributed by atoms with Gasteiger partial charge in [-0.05, 0) is 6.42 Å². The Kier molecular flexibility index (Phi) is 4.25. The van der Waals surface area contributed by atoms with Gasteiger partial charge in [0.05, 0.1) is 12.4 Å². The van der Waals surface area contributed by atoms with Gasteiger partial charge in [0, 0.05) is 19.5 Å². The van der Waals surface area contributed by atoms with Crippen molar-refractivity contribution in [2.24, 2.45) is 10.7 Å². The third-order valence-corrected chi connectivity index (χ3v) is 1.69. The van der Waals surface area contributed by atoms with E-state index in [9.17, 15) is 4.79 Å². The maximum absolute atomic E-state index is 10.3. The molecule has 0 saturated heterocycles. The Morgan fingerprint density at radius 3 is 3.15 bits per heavy atom. The number of nitrogens with zero attached hydrogens (tertiary/aromatic N) is 1. The van der Waals surface area contributed by atoms with Crippen molar-refractivity contribution in [3.05, 3.63) is 0 Å². The number of nitrogens with one attached hydrogen (secondary N) is 1. The van der Waals surface area contributed by atoms with Crippen LogP contribution in [0.1, 0.15) is 12.8 Å². The van der Waals surface area contributed by atoms with E-state index in [1.54, 1.807) is 0 Å². The maximum Gasteiger partial charge on any atom is 0.243 e. The number of amides is 1. The second-order valence-corrected chi connectivity index (χ2v) is 2.88. The van der Waals surface area contributed by atoms with E-state index >= 15 is 0 Å². The van der Waals surface area contributed by atoms with E-state index in [1.165, 1.54) is 0 Å². The molecule has 1 aliphatic rings. The molecule has 0 fully saturated rings. The molecule has 1 aliphatic heterocycles. The topological polar surface area (TPSA) is 76.7 Å². The van der Waals surface area contributed by atoms with Gasteiger partial charge >= 0.3 is 0 Å². The van der Waals surface area contributed by atoms with Crippen LogP contribution >= 0.6 is 0 Å². The van der Waals surface area contributed by atoms with Crippen LogP contribution < -0.4 is 11.1 Å². The van der Waals surface area contributed by atoms with Crippen molar-refractivity contribution in [2.75, 3.05) is 26.3 Å². The molecule has 1 heterocycles. The van der Waals surface area contributed by atoms with Gasteiger partial charge < -0.3 is 15.8 Å². The predicted molar refractivity (Wildman–Crippen MR) is 49.6 cm³/mol. The summed E-state index contributed by atoms with van der Waals surface area (Å²) in [7, 11) is 0. The summed E-state index contributed by atoms with van der Waals surface area (Å²) in [6.45, 7) is 2.09. The number of aliphatic imine (C=N–C) groups is 1. The predicted octanol–water partition coefficient (Wildman–Crippen LogP) is -0.730. The lowest BCUT2D eigenvalue weighted by atomic mass is 10.3. The zero-order valence-electron chi connectivity index (χ0n) is 7.58. The van der Waals surface area contributed by atoms with E-state index in [-0.39, 0.29) is 6.61 Å². The number of primary amides is 1. The van der Waals surface area contributed by atoms with E-state index in [0.717, 1.165) is 25.2 Å². The second kappa shape index (κ2) is 5.53. The molecule has 1 rings (SSSR count). The average Bonchev–Trinajstić information content (AvgIpc) is 2.55. The first kappa shape index (κ1) is 9.98. The number of nitrogens with two attached hydrogens (primary N) is 1. The van der Waals surface area contributed by atoms with Crippen LogP contribution in [0.15, 0.2) is 4.99 Å². The van der Waals surface area contributed by atoms with Gasteiger partial charge in [-0.25, -0.2) is 0 Å². The van der Waals surface area contributed by atoms with Crippen molar-refractivity contribution < 1.29 is 9.53 Å². The molecule has 1 amide bonds. The molecule has 0 saturated carbocycles. The second-order valence-electron chi connectivity index (χ2n) is 2.88. The van der Waals surface area contributed by atoms with Gasteiger partial charge in [0.1, 0.15) is 6.61 Å². The third kappa shape index (κ3) is 4.47. The minimum Gasteiger partial charge on any atom is -0.372 e. The normalized spacial score (nSPS) is 15.5. The van der Waals surface area contributed by atoms with Crippen molar-refractivity contribution in [1.29, 1.82) is 0 Å². The molecule has 0 aliphatic carbocycles. The van der Waals surface area contributed by atoms with E-state index in [4.69, 9.17) is 10.5 Å². The number of carbonyl (C=O) groups excluding carboxylic acids is 1. The molecule has 0 bridgehead atoms. The number of hydrogen-bond acceptors (Lipinski definition) is 4. The molecule has 0 aromatic rings. The average molecular weight is 185 g/mol. The molecule has 0 radical (unpaired) electrons. The standard InChI is InChI=1S/C8H15N3O2/c9-7(12)6-13-5-4-11-8-2-1-3-10-8/h1-6H2,(H2,9,12)(H,10,11). The molecule has 0 aromatic carbocycles. The van der Waals surface area contributed by atoms with Crippen LogP contribution in [0.2, 0.25) is 0 Å². The highest BCUT2D eigenvalue weighted by atomic mass is 16.5. The first-order valence-electron chi connectivity index (χ1n) is 4.42. The monoisotopic (exact) mass is 185 g/mol. The molecule has 0 aromatic heterocycles. The molecule has 74 valence electrons. The Hall–Kier alpha value is -1.10. The molecule has 3 N–H and O–H groups in total. The molecule has 0 unspecified atom stereocenters. The quantitative estimate of drug-likeness (QED) is 0.554. The molecular weight excluding hydrogens is 170 g/mol. The number of ether oxygens (including phenoxy) is 1. The van der Waals surface area contributed by atoms with Gasteiger partial charge in [-0.1, -0.05) is 0 Å². The van der Waals surface area contributed by atoms with Gasteiger partial charge in [-0.15, -0.1) is 0 Å².